The van der Waals surface area contributed by atoms with E-state index >= 15 is 0 Å². The molecule has 24 heavy (non-hydrogen) atoms. The normalized spacial score (nSPS) is 13.0. The Morgan fingerprint density at radius 3 is 2.46 bits per heavy atom. The van der Waals surface area contributed by atoms with Gasteiger partial charge in [0.15, 0.2) is 5.96 Å². The van der Waals surface area contributed by atoms with Crippen molar-refractivity contribution >= 4 is 29.9 Å². The number of nitrogens with one attached hydrogen (secondary N) is 3. The molecule has 1 aromatic rings. The first-order valence-electron chi connectivity index (χ1n) is 8.13. The molecule has 0 aliphatic carbocycles. The number of rotatable bonds is 6. The molecule has 0 amide bonds. The van der Waals surface area contributed by atoms with Crippen molar-refractivity contribution in [1.29, 1.82) is 0 Å². The van der Waals surface area contributed by atoms with Gasteiger partial charge in [0, 0.05) is 31.2 Å². The Labute approximate surface area is 164 Å². The maximum atomic E-state index is 5.46. The molecule has 0 aliphatic heterocycles. The number of aliphatic imine (C=N–C) groups is 1. The molecule has 0 aliphatic rings. The van der Waals surface area contributed by atoms with Crippen LogP contribution < -0.4 is 20.7 Å². The van der Waals surface area contributed by atoms with Crippen LogP contribution in [0.1, 0.15) is 44.9 Å². The van der Waals surface area contributed by atoms with Crippen LogP contribution in [0.15, 0.2) is 23.2 Å². The Balaban J connectivity index is 0.00000529. The van der Waals surface area contributed by atoms with Crippen molar-refractivity contribution in [2.45, 2.75) is 46.2 Å². The molecule has 1 rings (SSSR count). The summed E-state index contributed by atoms with van der Waals surface area (Å²) in [5.41, 5.74) is 2.47. The molecule has 0 bridgehead atoms. The van der Waals surface area contributed by atoms with Crippen molar-refractivity contribution < 1.29 is 4.74 Å². The lowest BCUT2D eigenvalue weighted by Gasteiger charge is -2.23. The lowest BCUT2D eigenvalue weighted by Crippen LogP contribution is -2.45. The summed E-state index contributed by atoms with van der Waals surface area (Å²) in [6, 6.07) is 6.31. The molecule has 3 N–H and O–H groups in total. The maximum Gasteiger partial charge on any atom is 0.191 e. The van der Waals surface area contributed by atoms with E-state index in [-0.39, 0.29) is 35.6 Å². The number of hydrogen-bond donors (Lipinski definition) is 3. The molecule has 1 unspecified atom stereocenters. The van der Waals surface area contributed by atoms with Crippen LogP contribution in [0.4, 0.5) is 0 Å². The summed E-state index contributed by atoms with van der Waals surface area (Å²) in [5, 5.41) is 10.2. The van der Waals surface area contributed by atoms with E-state index in [0.29, 0.717) is 0 Å². The topological polar surface area (TPSA) is 57.7 Å². The molecule has 0 spiro atoms. The van der Waals surface area contributed by atoms with Crippen molar-refractivity contribution in [3.8, 4) is 5.75 Å². The van der Waals surface area contributed by atoms with Crippen LogP contribution in [0.5, 0.6) is 5.75 Å². The van der Waals surface area contributed by atoms with Crippen molar-refractivity contribution in [2.24, 2.45) is 4.99 Å². The third-order valence-electron chi connectivity index (χ3n) is 3.50. The van der Waals surface area contributed by atoms with Gasteiger partial charge in [-0.05, 0) is 40.7 Å². The highest BCUT2D eigenvalue weighted by Crippen LogP contribution is 2.25. The minimum atomic E-state index is 0. The van der Waals surface area contributed by atoms with Gasteiger partial charge in [0.05, 0.1) is 13.2 Å². The fourth-order valence-corrected chi connectivity index (χ4v) is 2.29. The van der Waals surface area contributed by atoms with Crippen LogP contribution in [0.3, 0.4) is 0 Å². The van der Waals surface area contributed by atoms with E-state index in [1.54, 1.807) is 14.2 Å². The van der Waals surface area contributed by atoms with Gasteiger partial charge in [-0.1, -0.05) is 17.7 Å². The second-order valence-electron chi connectivity index (χ2n) is 6.79. The number of aryl methyl sites for hydroxylation is 1. The third-order valence-corrected chi connectivity index (χ3v) is 3.50. The molecule has 0 saturated heterocycles. The fraction of sp³-hybridized carbons (Fsp3) is 0.611. The molecular formula is C18H33IN4O. The van der Waals surface area contributed by atoms with Gasteiger partial charge in [-0.25, -0.2) is 0 Å². The van der Waals surface area contributed by atoms with Gasteiger partial charge in [-0.15, -0.1) is 24.0 Å². The van der Waals surface area contributed by atoms with E-state index in [0.717, 1.165) is 30.4 Å². The Hall–Kier alpha value is -1.02. The molecule has 1 atom stereocenters. The molecule has 138 valence electrons. The average Bonchev–Trinajstić information content (AvgIpc) is 2.49. The van der Waals surface area contributed by atoms with E-state index in [4.69, 9.17) is 4.74 Å². The second-order valence-corrected chi connectivity index (χ2v) is 6.79. The second kappa shape index (κ2) is 10.8. The van der Waals surface area contributed by atoms with Crippen LogP contribution in [-0.4, -0.2) is 38.7 Å². The molecule has 5 nitrogen and oxygen atoms in total. The zero-order valence-electron chi connectivity index (χ0n) is 16.0. The first-order chi connectivity index (χ1) is 10.8. The number of methoxy groups -OCH3 is 1. The number of hydrogen-bond acceptors (Lipinski definition) is 3. The van der Waals surface area contributed by atoms with Crippen molar-refractivity contribution in [3.05, 3.63) is 29.3 Å². The molecule has 0 radical (unpaired) electrons. The summed E-state index contributed by atoms with van der Waals surface area (Å²) < 4.78 is 5.46. The zero-order valence-corrected chi connectivity index (χ0v) is 18.3. The predicted molar refractivity (Wildman–Crippen MR) is 114 cm³/mol. The third kappa shape index (κ3) is 8.19. The lowest BCUT2D eigenvalue weighted by atomic mass is 10.0. The van der Waals surface area contributed by atoms with Crippen molar-refractivity contribution in [3.63, 3.8) is 0 Å². The Morgan fingerprint density at radius 1 is 1.25 bits per heavy atom. The largest absolute Gasteiger partial charge is 0.496 e. The molecule has 0 fully saturated rings. The molecule has 6 heteroatoms. The summed E-state index contributed by atoms with van der Waals surface area (Å²) in [6.45, 7) is 12.4. The predicted octanol–water partition coefficient (Wildman–Crippen LogP) is 3.24. The minimum Gasteiger partial charge on any atom is -0.496 e. The first-order valence-corrected chi connectivity index (χ1v) is 8.13. The summed E-state index contributed by atoms with van der Waals surface area (Å²) in [7, 11) is 3.48. The fourth-order valence-electron chi connectivity index (χ4n) is 2.29. The minimum absolute atomic E-state index is 0. The van der Waals surface area contributed by atoms with Crippen molar-refractivity contribution in [2.75, 3.05) is 27.2 Å². The van der Waals surface area contributed by atoms with E-state index < -0.39 is 0 Å². The van der Waals surface area contributed by atoms with Gasteiger partial charge in [0.1, 0.15) is 5.75 Å². The van der Waals surface area contributed by atoms with Crippen LogP contribution in [0, 0.1) is 6.92 Å². The van der Waals surface area contributed by atoms with Gasteiger partial charge in [-0.3, -0.25) is 4.99 Å². The summed E-state index contributed by atoms with van der Waals surface area (Å²) in [6.07, 6.45) is 0. The monoisotopic (exact) mass is 448 g/mol. The highest BCUT2D eigenvalue weighted by Gasteiger charge is 2.13. The van der Waals surface area contributed by atoms with Crippen LogP contribution in [0.2, 0.25) is 0 Å². The van der Waals surface area contributed by atoms with E-state index in [1.807, 2.05) is 6.07 Å². The van der Waals surface area contributed by atoms with Gasteiger partial charge < -0.3 is 20.7 Å². The average molecular weight is 448 g/mol. The Morgan fingerprint density at radius 2 is 1.92 bits per heavy atom. The number of guanidine groups is 1. The SMILES string of the molecule is CN=C(NCCNC(C)(C)C)NC(C)c1cc(C)ccc1OC.I. The zero-order chi connectivity index (χ0) is 17.5. The number of ether oxygens (including phenoxy) is 1. The Kier molecular flexibility index (Phi) is 10.3. The van der Waals surface area contributed by atoms with Gasteiger partial charge in [0.2, 0.25) is 0 Å². The first kappa shape index (κ1) is 23.0. The highest BCUT2D eigenvalue weighted by molar-refractivity contribution is 14.0. The summed E-state index contributed by atoms with van der Waals surface area (Å²) >= 11 is 0. The van der Waals surface area contributed by atoms with E-state index in [2.05, 4.69) is 67.7 Å². The molecule has 0 heterocycles. The van der Waals surface area contributed by atoms with Gasteiger partial charge >= 0.3 is 0 Å². The number of nitrogens with zero attached hydrogens (tertiary/aromatic N) is 1. The number of halogens is 1. The van der Waals surface area contributed by atoms with Crippen LogP contribution in [0.25, 0.3) is 0 Å². The van der Waals surface area contributed by atoms with Crippen molar-refractivity contribution in [1.82, 2.24) is 16.0 Å². The smallest absolute Gasteiger partial charge is 0.191 e. The lowest BCUT2D eigenvalue weighted by molar-refractivity contribution is 0.404. The van der Waals surface area contributed by atoms with Crippen LogP contribution >= 0.6 is 24.0 Å². The van der Waals surface area contributed by atoms with Gasteiger partial charge in [0.25, 0.3) is 0 Å². The van der Waals surface area contributed by atoms with E-state index in [1.165, 1.54) is 5.56 Å². The molecule has 0 saturated carbocycles. The van der Waals surface area contributed by atoms with Gasteiger partial charge in [-0.2, -0.15) is 0 Å². The quantitative estimate of drug-likeness (QED) is 0.271. The molecule has 0 aromatic heterocycles. The molecular weight excluding hydrogens is 415 g/mol. The summed E-state index contributed by atoms with van der Waals surface area (Å²) in [5.74, 6) is 1.68. The summed E-state index contributed by atoms with van der Waals surface area (Å²) in [4.78, 5) is 4.29. The standard InChI is InChI=1S/C18H32N4O.HI/c1-13-8-9-16(23-7)15(12-13)14(2)22-17(19-6)20-10-11-21-18(3,4)5;/h8-9,12,14,21H,10-11H2,1-7H3,(H2,19,20,22);1H. The van der Waals surface area contributed by atoms with E-state index in [9.17, 15) is 0 Å². The maximum absolute atomic E-state index is 5.46. The number of benzene rings is 1. The van der Waals surface area contributed by atoms with Crippen LogP contribution in [-0.2, 0) is 0 Å². The molecule has 1 aromatic carbocycles. The highest BCUT2D eigenvalue weighted by atomic mass is 127. The Bertz CT molecular complexity index is 526.